The van der Waals surface area contributed by atoms with Crippen LogP contribution in [0.1, 0.15) is 50.8 Å². The van der Waals surface area contributed by atoms with E-state index in [9.17, 15) is 8.42 Å². The molecule has 0 radical (unpaired) electrons. The highest BCUT2D eigenvalue weighted by atomic mass is 32.2. The Morgan fingerprint density at radius 3 is 2.24 bits per heavy atom. The Bertz CT molecular complexity index is 581. The SMILES string of the molecule is CNCc1cc(S(=O)(=O)NC(C)(C)CC(C)(C)C)c(C)s1. The van der Waals surface area contributed by atoms with E-state index in [1.165, 1.54) is 11.3 Å². The number of sulfonamides is 1. The number of hydrogen-bond acceptors (Lipinski definition) is 4. The van der Waals surface area contributed by atoms with Gasteiger partial charge in [0.1, 0.15) is 0 Å². The third-order valence-corrected chi connectivity index (χ3v) is 5.95. The Kier molecular flexibility index (Phi) is 5.64. The predicted octanol–water partition coefficient (Wildman–Crippen LogP) is 3.27. The van der Waals surface area contributed by atoms with Crippen LogP contribution in [0.4, 0.5) is 0 Å². The van der Waals surface area contributed by atoms with E-state index in [2.05, 4.69) is 30.8 Å². The predicted molar refractivity (Wildman–Crippen MR) is 90.3 cm³/mol. The number of thiophene rings is 1. The summed E-state index contributed by atoms with van der Waals surface area (Å²) in [5.41, 5.74) is -0.415. The molecule has 6 heteroatoms. The summed E-state index contributed by atoms with van der Waals surface area (Å²) < 4.78 is 28.2. The second-order valence-electron chi connectivity index (χ2n) is 7.39. The van der Waals surface area contributed by atoms with E-state index in [0.29, 0.717) is 11.4 Å². The molecule has 1 rings (SSSR count). The Balaban J connectivity index is 3.01. The normalized spacial score (nSPS) is 13.7. The van der Waals surface area contributed by atoms with Crippen molar-refractivity contribution >= 4 is 21.4 Å². The molecule has 0 atom stereocenters. The van der Waals surface area contributed by atoms with Gasteiger partial charge in [0, 0.05) is 21.8 Å². The summed E-state index contributed by atoms with van der Waals surface area (Å²) in [6.07, 6.45) is 0.770. The van der Waals surface area contributed by atoms with E-state index in [0.717, 1.165) is 16.2 Å². The number of aryl methyl sites for hydroxylation is 1. The van der Waals surface area contributed by atoms with Crippen molar-refractivity contribution in [2.24, 2.45) is 5.41 Å². The summed E-state index contributed by atoms with van der Waals surface area (Å²) >= 11 is 1.52. The highest BCUT2D eigenvalue weighted by molar-refractivity contribution is 7.89. The molecular weight excluding hydrogens is 304 g/mol. The molecule has 0 fully saturated rings. The topological polar surface area (TPSA) is 58.2 Å². The lowest BCUT2D eigenvalue weighted by Crippen LogP contribution is -2.45. The minimum absolute atomic E-state index is 0.0625. The molecule has 0 aliphatic heterocycles. The van der Waals surface area contributed by atoms with Crippen molar-refractivity contribution in [2.75, 3.05) is 7.05 Å². The standard InChI is InChI=1S/C15H28N2O2S2/c1-11-13(8-12(20-11)9-16-7)21(18,19)17-15(5,6)10-14(2,3)4/h8,16-17H,9-10H2,1-7H3. The second-order valence-corrected chi connectivity index (χ2v) is 10.4. The second kappa shape index (κ2) is 6.36. The number of rotatable bonds is 6. The van der Waals surface area contributed by atoms with E-state index in [1.54, 1.807) is 6.07 Å². The Labute approximate surface area is 133 Å². The number of nitrogens with one attached hydrogen (secondary N) is 2. The average molecular weight is 333 g/mol. The average Bonchev–Trinajstić information content (AvgIpc) is 2.54. The fourth-order valence-electron chi connectivity index (χ4n) is 2.83. The van der Waals surface area contributed by atoms with E-state index >= 15 is 0 Å². The zero-order valence-corrected chi connectivity index (χ0v) is 15.8. The molecule has 0 aliphatic carbocycles. The van der Waals surface area contributed by atoms with Gasteiger partial charge in [-0.05, 0) is 45.7 Å². The molecule has 0 aliphatic rings. The lowest BCUT2D eigenvalue weighted by Gasteiger charge is -2.32. The monoisotopic (exact) mass is 332 g/mol. The van der Waals surface area contributed by atoms with Gasteiger partial charge in [-0.3, -0.25) is 0 Å². The van der Waals surface area contributed by atoms with Crippen molar-refractivity contribution in [3.8, 4) is 0 Å². The molecule has 0 saturated heterocycles. The van der Waals surface area contributed by atoms with Crippen LogP contribution in [0, 0.1) is 12.3 Å². The lowest BCUT2D eigenvalue weighted by atomic mass is 9.82. The van der Waals surface area contributed by atoms with Crippen molar-refractivity contribution in [1.29, 1.82) is 0 Å². The molecule has 122 valence electrons. The van der Waals surface area contributed by atoms with Crippen LogP contribution in [0.2, 0.25) is 0 Å². The molecule has 0 spiro atoms. The van der Waals surface area contributed by atoms with Gasteiger partial charge >= 0.3 is 0 Å². The smallest absolute Gasteiger partial charge is 0.242 e. The van der Waals surface area contributed by atoms with Crippen LogP contribution in [0.5, 0.6) is 0 Å². The van der Waals surface area contributed by atoms with Gasteiger partial charge in [0.2, 0.25) is 10.0 Å². The zero-order chi connectivity index (χ0) is 16.5. The van der Waals surface area contributed by atoms with Gasteiger partial charge in [-0.2, -0.15) is 0 Å². The molecule has 0 aromatic carbocycles. The molecule has 0 bridgehead atoms. The van der Waals surface area contributed by atoms with Crippen LogP contribution in [0.3, 0.4) is 0 Å². The molecule has 1 aromatic heterocycles. The first kappa shape index (κ1) is 18.6. The molecule has 2 N–H and O–H groups in total. The van der Waals surface area contributed by atoms with Gasteiger partial charge in [0.15, 0.2) is 0 Å². The van der Waals surface area contributed by atoms with Gasteiger partial charge in [-0.1, -0.05) is 20.8 Å². The maximum absolute atomic E-state index is 12.6. The van der Waals surface area contributed by atoms with E-state index in [-0.39, 0.29) is 5.41 Å². The van der Waals surface area contributed by atoms with Crippen molar-refractivity contribution in [3.63, 3.8) is 0 Å². The first-order valence-corrected chi connectivity index (χ1v) is 9.44. The lowest BCUT2D eigenvalue weighted by molar-refractivity contribution is 0.269. The molecule has 1 aromatic rings. The molecule has 4 nitrogen and oxygen atoms in total. The van der Waals surface area contributed by atoms with Crippen molar-refractivity contribution in [1.82, 2.24) is 10.0 Å². The Hall–Kier alpha value is -0.430. The van der Waals surface area contributed by atoms with Crippen LogP contribution in [0.15, 0.2) is 11.0 Å². The van der Waals surface area contributed by atoms with Gasteiger partial charge in [-0.15, -0.1) is 11.3 Å². The molecule has 0 saturated carbocycles. The molecule has 1 heterocycles. The molecule has 21 heavy (non-hydrogen) atoms. The highest BCUT2D eigenvalue weighted by Gasteiger charge is 2.31. The Morgan fingerprint density at radius 1 is 1.19 bits per heavy atom. The zero-order valence-electron chi connectivity index (χ0n) is 14.1. The van der Waals surface area contributed by atoms with E-state index in [1.807, 2.05) is 27.8 Å². The fraction of sp³-hybridized carbons (Fsp3) is 0.733. The Morgan fingerprint density at radius 2 is 1.76 bits per heavy atom. The number of hydrogen-bond donors (Lipinski definition) is 2. The quantitative estimate of drug-likeness (QED) is 0.840. The van der Waals surface area contributed by atoms with Gasteiger partial charge < -0.3 is 5.32 Å². The summed E-state index contributed by atoms with van der Waals surface area (Å²) in [7, 11) is -1.63. The third-order valence-electron chi connectivity index (χ3n) is 2.95. The third kappa shape index (κ3) is 5.70. The van der Waals surface area contributed by atoms with Crippen molar-refractivity contribution in [2.45, 2.75) is 64.9 Å². The molecular formula is C15H28N2O2S2. The molecule has 0 unspecified atom stereocenters. The van der Waals surface area contributed by atoms with Crippen LogP contribution in [-0.2, 0) is 16.6 Å². The van der Waals surface area contributed by atoms with Crippen molar-refractivity contribution < 1.29 is 8.42 Å². The summed E-state index contributed by atoms with van der Waals surface area (Å²) in [5.74, 6) is 0. The van der Waals surface area contributed by atoms with E-state index in [4.69, 9.17) is 0 Å². The minimum atomic E-state index is -3.49. The summed E-state index contributed by atoms with van der Waals surface area (Å²) in [4.78, 5) is 2.27. The van der Waals surface area contributed by atoms with Crippen LogP contribution >= 0.6 is 11.3 Å². The maximum Gasteiger partial charge on any atom is 0.242 e. The summed E-state index contributed by atoms with van der Waals surface area (Å²) in [5, 5.41) is 3.05. The maximum atomic E-state index is 12.6. The van der Waals surface area contributed by atoms with Gasteiger partial charge in [0.05, 0.1) is 4.90 Å². The summed E-state index contributed by atoms with van der Waals surface area (Å²) in [6, 6.07) is 1.77. The van der Waals surface area contributed by atoms with Gasteiger partial charge in [0.25, 0.3) is 0 Å². The van der Waals surface area contributed by atoms with E-state index < -0.39 is 15.6 Å². The first-order chi connectivity index (χ1) is 9.36. The van der Waals surface area contributed by atoms with Crippen LogP contribution < -0.4 is 10.0 Å². The fourth-order valence-corrected chi connectivity index (χ4v) is 5.89. The minimum Gasteiger partial charge on any atom is -0.315 e. The highest BCUT2D eigenvalue weighted by Crippen LogP contribution is 2.30. The van der Waals surface area contributed by atoms with Gasteiger partial charge in [-0.25, -0.2) is 13.1 Å². The summed E-state index contributed by atoms with van der Waals surface area (Å²) in [6.45, 7) is 12.8. The first-order valence-electron chi connectivity index (χ1n) is 7.14. The van der Waals surface area contributed by atoms with Crippen LogP contribution in [0.25, 0.3) is 0 Å². The van der Waals surface area contributed by atoms with Crippen LogP contribution in [-0.4, -0.2) is 21.0 Å². The largest absolute Gasteiger partial charge is 0.315 e. The molecule has 0 amide bonds. The van der Waals surface area contributed by atoms with Crippen molar-refractivity contribution in [3.05, 3.63) is 15.8 Å².